The summed E-state index contributed by atoms with van der Waals surface area (Å²) in [6.45, 7) is 4.12. The van der Waals surface area contributed by atoms with Crippen molar-refractivity contribution in [2.24, 2.45) is 5.92 Å². The third kappa shape index (κ3) is 3.77. The van der Waals surface area contributed by atoms with Crippen molar-refractivity contribution in [2.45, 2.75) is 32.7 Å². The number of nitro groups is 1. The van der Waals surface area contributed by atoms with Crippen molar-refractivity contribution in [1.29, 1.82) is 0 Å². The Morgan fingerprint density at radius 1 is 1.44 bits per heavy atom. The number of halogens is 1. The van der Waals surface area contributed by atoms with Crippen LogP contribution in [0.3, 0.4) is 0 Å². The summed E-state index contributed by atoms with van der Waals surface area (Å²) in [7, 11) is 1.88. The number of rotatable bonds is 6. The number of nitrogens with one attached hydrogen (secondary N) is 1. The van der Waals surface area contributed by atoms with Gasteiger partial charge >= 0.3 is 0 Å². The van der Waals surface area contributed by atoms with Crippen molar-refractivity contribution in [3.63, 3.8) is 0 Å². The maximum Gasteiger partial charge on any atom is 0.272 e. The summed E-state index contributed by atoms with van der Waals surface area (Å²) in [4.78, 5) is 10.1. The molecule has 0 bridgehead atoms. The van der Waals surface area contributed by atoms with Crippen LogP contribution in [0, 0.1) is 21.8 Å². The Hall–Kier alpha value is -1.49. The summed E-state index contributed by atoms with van der Waals surface area (Å²) >= 11 is 0. The maximum atomic E-state index is 13.3. The molecule has 0 aliphatic rings. The van der Waals surface area contributed by atoms with E-state index in [0.29, 0.717) is 17.9 Å². The van der Waals surface area contributed by atoms with Gasteiger partial charge in [0.1, 0.15) is 5.82 Å². The van der Waals surface area contributed by atoms with Crippen molar-refractivity contribution in [3.8, 4) is 0 Å². The van der Waals surface area contributed by atoms with Crippen LogP contribution in [-0.4, -0.2) is 18.0 Å². The molecule has 5 heteroatoms. The molecular weight excluding hydrogens is 235 g/mol. The molecule has 0 amide bonds. The highest BCUT2D eigenvalue weighted by molar-refractivity contribution is 5.35. The van der Waals surface area contributed by atoms with Crippen LogP contribution < -0.4 is 5.32 Å². The zero-order chi connectivity index (χ0) is 13.7. The smallest absolute Gasteiger partial charge is 0.272 e. The molecule has 1 N–H and O–H groups in total. The van der Waals surface area contributed by atoms with E-state index in [4.69, 9.17) is 0 Å². The lowest BCUT2D eigenvalue weighted by Crippen LogP contribution is -2.31. The fourth-order valence-electron chi connectivity index (χ4n) is 2.07. The second kappa shape index (κ2) is 6.44. The van der Waals surface area contributed by atoms with Crippen LogP contribution in [0.15, 0.2) is 18.2 Å². The van der Waals surface area contributed by atoms with E-state index in [9.17, 15) is 14.5 Å². The number of nitro benzene ring substituents is 1. The van der Waals surface area contributed by atoms with Crippen LogP contribution >= 0.6 is 0 Å². The van der Waals surface area contributed by atoms with Gasteiger partial charge in [-0.15, -0.1) is 0 Å². The lowest BCUT2D eigenvalue weighted by atomic mass is 9.90. The molecule has 4 nitrogen and oxygen atoms in total. The van der Waals surface area contributed by atoms with Gasteiger partial charge in [-0.3, -0.25) is 10.1 Å². The van der Waals surface area contributed by atoms with Gasteiger partial charge in [0.2, 0.25) is 0 Å². The quantitative estimate of drug-likeness (QED) is 0.627. The van der Waals surface area contributed by atoms with Crippen molar-refractivity contribution >= 4 is 5.69 Å². The van der Waals surface area contributed by atoms with Gasteiger partial charge in [0.05, 0.1) is 11.0 Å². The van der Waals surface area contributed by atoms with E-state index < -0.39 is 10.7 Å². The Balaban J connectivity index is 2.92. The predicted octanol–water partition coefficient (Wildman–Crippen LogP) is 2.91. The molecule has 0 saturated carbocycles. The number of nitrogens with zero attached hydrogens (tertiary/aromatic N) is 1. The van der Waals surface area contributed by atoms with Crippen LogP contribution in [-0.2, 0) is 6.42 Å². The summed E-state index contributed by atoms with van der Waals surface area (Å²) in [5.74, 6) is -0.220. The van der Waals surface area contributed by atoms with Gasteiger partial charge in [0.25, 0.3) is 5.69 Å². The Bertz CT molecular complexity index is 423. The van der Waals surface area contributed by atoms with Crippen LogP contribution in [0.25, 0.3) is 0 Å². The molecular formula is C13H19FN2O2. The van der Waals surface area contributed by atoms with Gasteiger partial charge < -0.3 is 5.32 Å². The Labute approximate surface area is 106 Å². The predicted molar refractivity (Wildman–Crippen MR) is 69.1 cm³/mol. The molecule has 1 aromatic carbocycles. The average Bonchev–Trinajstić information content (AvgIpc) is 2.34. The minimum Gasteiger partial charge on any atom is -0.317 e. The second-order valence-electron chi connectivity index (χ2n) is 4.52. The first-order valence-corrected chi connectivity index (χ1v) is 6.09. The van der Waals surface area contributed by atoms with E-state index in [1.165, 1.54) is 12.1 Å². The lowest BCUT2D eigenvalue weighted by molar-refractivity contribution is -0.385. The fraction of sp³-hybridized carbons (Fsp3) is 0.538. The minimum absolute atomic E-state index is 0.183. The molecule has 100 valence electrons. The first-order chi connectivity index (χ1) is 8.47. The van der Waals surface area contributed by atoms with Gasteiger partial charge in [-0.25, -0.2) is 4.39 Å². The molecule has 0 radical (unpaired) electrons. The third-order valence-electron chi connectivity index (χ3n) is 3.34. The molecule has 0 aromatic heterocycles. The normalized spacial score (nSPS) is 14.2. The summed E-state index contributed by atoms with van der Waals surface area (Å²) in [5, 5.41) is 13.8. The third-order valence-corrected chi connectivity index (χ3v) is 3.34. The molecule has 0 aliphatic heterocycles. The summed E-state index contributed by atoms with van der Waals surface area (Å²) in [6, 6.07) is 4.07. The van der Waals surface area contributed by atoms with Gasteiger partial charge in [-0.05, 0) is 37.9 Å². The Morgan fingerprint density at radius 2 is 2.11 bits per heavy atom. The van der Waals surface area contributed by atoms with Crippen molar-refractivity contribution in [1.82, 2.24) is 5.32 Å². The highest BCUT2D eigenvalue weighted by Gasteiger charge is 2.17. The van der Waals surface area contributed by atoms with E-state index in [-0.39, 0.29) is 11.7 Å². The maximum absolute atomic E-state index is 13.3. The average molecular weight is 254 g/mol. The van der Waals surface area contributed by atoms with Gasteiger partial charge in [0.15, 0.2) is 0 Å². The Morgan fingerprint density at radius 3 is 2.61 bits per heavy atom. The SMILES string of the molecule is CCC(Cc1cc(F)cc([N+](=O)[O-])c1)C(C)NC. The van der Waals surface area contributed by atoms with Gasteiger partial charge in [-0.1, -0.05) is 13.3 Å². The summed E-state index contributed by atoms with van der Waals surface area (Å²) in [6.07, 6.45) is 1.57. The minimum atomic E-state index is -0.560. The van der Waals surface area contributed by atoms with Gasteiger partial charge in [-0.2, -0.15) is 0 Å². The van der Waals surface area contributed by atoms with E-state index in [0.717, 1.165) is 12.5 Å². The highest BCUT2D eigenvalue weighted by Crippen LogP contribution is 2.21. The summed E-state index contributed by atoms with van der Waals surface area (Å²) < 4.78 is 13.3. The molecule has 0 aliphatic carbocycles. The molecule has 1 aromatic rings. The zero-order valence-electron chi connectivity index (χ0n) is 10.9. The van der Waals surface area contributed by atoms with Crippen molar-refractivity contribution in [3.05, 3.63) is 39.7 Å². The first kappa shape index (κ1) is 14.6. The largest absolute Gasteiger partial charge is 0.317 e. The fourth-order valence-corrected chi connectivity index (χ4v) is 2.07. The highest BCUT2D eigenvalue weighted by atomic mass is 19.1. The summed E-state index contributed by atoms with van der Waals surface area (Å²) in [5.41, 5.74) is 0.493. The van der Waals surface area contributed by atoms with E-state index in [2.05, 4.69) is 19.2 Å². The zero-order valence-corrected chi connectivity index (χ0v) is 10.9. The molecule has 2 unspecified atom stereocenters. The monoisotopic (exact) mass is 254 g/mol. The molecule has 1 rings (SSSR count). The van der Waals surface area contributed by atoms with Crippen molar-refractivity contribution < 1.29 is 9.31 Å². The van der Waals surface area contributed by atoms with E-state index in [1.54, 1.807) is 0 Å². The van der Waals surface area contributed by atoms with E-state index >= 15 is 0 Å². The number of non-ortho nitro benzene ring substituents is 1. The molecule has 0 heterocycles. The van der Waals surface area contributed by atoms with Crippen LogP contribution in [0.4, 0.5) is 10.1 Å². The van der Waals surface area contributed by atoms with E-state index in [1.807, 2.05) is 7.05 Å². The number of benzene rings is 1. The van der Waals surface area contributed by atoms with Crippen molar-refractivity contribution in [2.75, 3.05) is 7.05 Å². The van der Waals surface area contributed by atoms with Crippen LogP contribution in [0.2, 0.25) is 0 Å². The molecule has 0 saturated heterocycles. The molecule has 0 fully saturated rings. The topological polar surface area (TPSA) is 55.2 Å². The molecule has 2 atom stereocenters. The van der Waals surface area contributed by atoms with Gasteiger partial charge in [0, 0.05) is 12.1 Å². The lowest BCUT2D eigenvalue weighted by Gasteiger charge is -2.22. The molecule has 0 spiro atoms. The first-order valence-electron chi connectivity index (χ1n) is 6.09. The standard InChI is InChI=1S/C13H19FN2O2/c1-4-11(9(2)15-3)5-10-6-12(14)8-13(7-10)16(17)18/h6-9,11,15H,4-5H2,1-3H3. The second-order valence-corrected chi connectivity index (χ2v) is 4.52. The molecule has 18 heavy (non-hydrogen) atoms. The van der Waals surface area contributed by atoms with Crippen LogP contribution in [0.5, 0.6) is 0 Å². The number of hydrogen-bond acceptors (Lipinski definition) is 3. The Kier molecular flexibility index (Phi) is 5.22. The number of hydrogen-bond donors (Lipinski definition) is 1. The van der Waals surface area contributed by atoms with Crippen LogP contribution in [0.1, 0.15) is 25.8 Å².